The van der Waals surface area contributed by atoms with Crippen molar-refractivity contribution >= 4 is 17.7 Å². The summed E-state index contributed by atoms with van der Waals surface area (Å²) in [5.74, 6) is 2.10. The van der Waals surface area contributed by atoms with Gasteiger partial charge in [-0.2, -0.15) is 0 Å². The molecule has 3 aromatic rings. The van der Waals surface area contributed by atoms with Crippen LogP contribution in [0.3, 0.4) is 0 Å². The number of aromatic nitrogens is 2. The first kappa shape index (κ1) is 20.3. The van der Waals surface area contributed by atoms with E-state index in [1.165, 1.54) is 11.8 Å². The summed E-state index contributed by atoms with van der Waals surface area (Å²) >= 11 is 1.46. The molecule has 0 bridgehead atoms. The van der Waals surface area contributed by atoms with E-state index in [4.69, 9.17) is 9.47 Å². The summed E-state index contributed by atoms with van der Waals surface area (Å²) in [6.07, 6.45) is 5.80. The maximum Gasteiger partial charge on any atom is 0.233 e. The van der Waals surface area contributed by atoms with Crippen molar-refractivity contribution in [3.8, 4) is 17.2 Å². The van der Waals surface area contributed by atoms with E-state index >= 15 is 0 Å². The Morgan fingerprint density at radius 3 is 2.60 bits per heavy atom. The second kappa shape index (κ2) is 9.26. The van der Waals surface area contributed by atoms with Gasteiger partial charge in [0.05, 0.1) is 25.7 Å². The van der Waals surface area contributed by atoms with Gasteiger partial charge in [0.2, 0.25) is 5.91 Å². The third-order valence-electron chi connectivity index (χ3n) is 5.08. The number of hydrogen-bond donors (Lipinski definition) is 0. The molecule has 30 heavy (non-hydrogen) atoms. The third-order valence-corrected chi connectivity index (χ3v) is 6.03. The van der Waals surface area contributed by atoms with Gasteiger partial charge in [-0.3, -0.25) is 9.36 Å². The Labute approximate surface area is 180 Å². The van der Waals surface area contributed by atoms with Crippen LogP contribution in [0.1, 0.15) is 18.4 Å². The molecule has 1 aliphatic rings. The third kappa shape index (κ3) is 4.79. The lowest BCUT2D eigenvalue weighted by Crippen LogP contribution is -2.34. The highest BCUT2D eigenvalue weighted by atomic mass is 32.2. The molecule has 0 atom stereocenters. The number of carbonyl (C=O) groups excluding carboxylic acids is 1. The lowest BCUT2D eigenvalue weighted by atomic mass is 10.2. The van der Waals surface area contributed by atoms with Gasteiger partial charge in [-0.05, 0) is 42.7 Å². The minimum Gasteiger partial charge on any atom is -0.497 e. The highest BCUT2D eigenvalue weighted by Crippen LogP contribution is 2.30. The van der Waals surface area contributed by atoms with Gasteiger partial charge >= 0.3 is 0 Å². The van der Waals surface area contributed by atoms with Gasteiger partial charge in [0.25, 0.3) is 0 Å². The van der Waals surface area contributed by atoms with Crippen LogP contribution in [0.4, 0.5) is 0 Å². The summed E-state index contributed by atoms with van der Waals surface area (Å²) < 4.78 is 12.5. The topological polar surface area (TPSA) is 56.6 Å². The van der Waals surface area contributed by atoms with E-state index < -0.39 is 0 Å². The van der Waals surface area contributed by atoms with Crippen molar-refractivity contribution < 1.29 is 14.3 Å². The number of nitrogens with zero attached hydrogens (tertiary/aromatic N) is 3. The summed E-state index contributed by atoms with van der Waals surface area (Å²) in [7, 11) is 3.30. The molecule has 0 unspecified atom stereocenters. The Kier molecular flexibility index (Phi) is 6.28. The van der Waals surface area contributed by atoms with Crippen molar-refractivity contribution in [2.24, 2.45) is 0 Å². The number of thioether (sulfide) groups is 1. The van der Waals surface area contributed by atoms with Crippen LogP contribution in [0.2, 0.25) is 0 Å². The van der Waals surface area contributed by atoms with Crippen molar-refractivity contribution in [3.05, 3.63) is 66.5 Å². The molecule has 0 radical (unpaired) electrons. The molecular weight excluding hydrogens is 398 g/mol. The van der Waals surface area contributed by atoms with Crippen molar-refractivity contribution in [2.75, 3.05) is 20.0 Å². The summed E-state index contributed by atoms with van der Waals surface area (Å²) in [5.41, 5.74) is 2.07. The van der Waals surface area contributed by atoms with Crippen LogP contribution in [0.25, 0.3) is 5.69 Å². The highest BCUT2D eigenvalue weighted by Gasteiger charge is 2.32. The first-order valence-electron chi connectivity index (χ1n) is 9.91. The standard InChI is InChI=1S/C23H25N3O3S/c1-28-20-10-6-17(7-11-20)15-26(18-8-9-18)22(27)16-30-23-24-12-13-25(23)19-4-3-5-21(14-19)29-2/h3-7,10-14,18H,8-9,15-16H2,1-2H3. The molecule has 1 heterocycles. The van der Waals surface area contributed by atoms with Crippen molar-refractivity contribution in [1.82, 2.24) is 14.5 Å². The van der Waals surface area contributed by atoms with E-state index in [1.54, 1.807) is 20.4 Å². The molecule has 156 valence electrons. The number of hydrogen-bond acceptors (Lipinski definition) is 5. The first-order valence-corrected chi connectivity index (χ1v) is 10.9. The first-order chi connectivity index (χ1) is 14.7. The minimum atomic E-state index is 0.138. The van der Waals surface area contributed by atoms with Crippen molar-refractivity contribution in [3.63, 3.8) is 0 Å². The predicted molar refractivity (Wildman–Crippen MR) is 117 cm³/mol. The molecule has 0 saturated heterocycles. The van der Waals surface area contributed by atoms with E-state index in [0.717, 1.165) is 40.7 Å². The van der Waals surface area contributed by atoms with Gasteiger partial charge in [-0.25, -0.2) is 4.98 Å². The number of benzene rings is 2. The molecular formula is C23H25N3O3S. The Balaban J connectivity index is 1.42. The molecule has 1 aliphatic carbocycles. The molecule has 7 heteroatoms. The summed E-state index contributed by atoms with van der Waals surface area (Å²) in [6, 6.07) is 16.0. The number of amides is 1. The predicted octanol–water partition coefficient (Wildman–Crippen LogP) is 4.17. The van der Waals surface area contributed by atoms with Gasteiger partial charge < -0.3 is 14.4 Å². The normalized spacial score (nSPS) is 13.1. The van der Waals surface area contributed by atoms with Gasteiger partial charge in [0, 0.05) is 31.0 Å². The van der Waals surface area contributed by atoms with Crippen LogP contribution in [0.5, 0.6) is 11.5 Å². The lowest BCUT2D eigenvalue weighted by molar-refractivity contribution is -0.129. The zero-order valence-electron chi connectivity index (χ0n) is 17.2. The monoisotopic (exact) mass is 423 g/mol. The van der Waals surface area contributed by atoms with Crippen LogP contribution in [0, 0.1) is 0 Å². The fraction of sp³-hybridized carbons (Fsp3) is 0.304. The van der Waals surface area contributed by atoms with Gasteiger partial charge in [-0.1, -0.05) is 30.0 Å². The zero-order chi connectivity index (χ0) is 20.9. The van der Waals surface area contributed by atoms with Crippen LogP contribution in [0.15, 0.2) is 66.1 Å². The van der Waals surface area contributed by atoms with Crippen molar-refractivity contribution in [2.45, 2.75) is 30.6 Å². The molecule has 0 N–H and O–H groups in total. The number of methoxy groups -OCH3 is 2. The van der Waals surface area contributed by atoms with E-state index in [2.05, 4.69) is 4.98 Å². The fourth-order valence-corrected chi connectivity index (χ4v) is 4.16. The fourth-order valence-electron chi connectivity index (χ4n) is 3.30. The average molecular weight is 424 g/mol. The Morgan fingerprint density at radius 2 is 1.90 bits per heavy atom. The van der Waals surface area contributed by atoms with Crippen molar-refractivity contribution in [1.29, 1.82) is 0 Å². The number of imidazole rings is 1. The molecule has 1 aromatic heterocycles. The van der Waals surface area contributed by atoms with Gasteiger partial charge in [-0.15, -0.1) is 0 Å². The van der Waals surface area contributed by atoms with E-state index in [0.29, 0.717) is 18.3 Å². The SMILES string of the molecule is COc1ccc(CN(C(=O)CSc2nccn2-c2cccc(OC)c2)C2CC2)cc1. The number of ether oxygens (including phenoxy) is 2. The quantitative estimate of drug-likeness (QED) is 0.484. The molecule has 0 spiro atoms. The summed E-state index contributed by atoms with van der Waals surface area (Å²) in [6.45, 7) is 0.623. The summed E-state index contributed by atoms with van der Waals surface area (Å²) in [5, 5.41) is 0.789. The molecule has 4 rings (SSSR count). The molecule has 6 nitrogen and oxygen atoms in total. The van der Waals surface area contributed by atoms with Gasteiger partial charge in [0.1, 0.15) is 11.5 Å². The Hall–Kier alpha value is -2.93. The smallest absolute Gasteiger partial charge is 0.233 e. The lowest BCUT2D eigenvalue weighted by Gasteiger charge is -2.22. The second-order valence-corrected chi connectivity index (χ2v) is 8.11. The number of carbonyl (C=O) groups is 1. The average Bonchev–Trinajstić information content (AvgIpc) is 3.52. The number of rotatable bonds is 9. The molecule has 0 aliphatic heterocycles. The van der Waals surface area contributed by atoms with E-state index in [-0.39, 0.29) is 5.91 Å². The highest BCUT2D eigenvalue weighted by molar-refractivity contribution is 7.99. The maximum absolute atomic E-state index is 13.0. The second-order valence-electron chi connectivity index (χ2n) is 7.17. The summed E-state index contributed by atoms with van der Waals surface area (Å²) in [4.78, 5) is 19.5. The van der Waals surface area contributed by atoms with E-state index in [9.17, 15) is 4.79 Å². The van der Waals surface area contributed by atoms with E-state index in [1.807, 2.05) is 64.2 Å². The molecule has 1 fully saturated rings. The van der Waals surface area contributed by atoms with Crippen LogP contribution >= 0.6 is 11.8 Å². The van der Waals surface area contributed by atoms with Crippen LogP contribution < -0.4 is 9.47 Å². The van der Waals surface area contributed by atoms with Crippen LogP contribution in [-0.4, -0.2) is 46.4 Å². The molecule has 1 amide bonds. The Morgan fingerprint density at radius 1 is 1.13 bits per heavy atom. The van der Waals surface area contributed by atoms with Crippen LogP contribution in [-0.2, 0) is 11.3 Å². The molecule has 1 saturated carbocycles. The Bertz CT molecular complexity index is 999. The van der Waals surface area contributed by atoms with Gasteiger partial charge in [0.15, 0.2) is 5.16 Å². The maximum atomic E-state index is 13.0. The molecule has 2 aromatic carbocycles. The zero-order valence-corrected chi connectivity index (χ0v) is 18.0. The largest absolute Gasteiger partial charge is 0.497 e. The minimum absolute atomic E-state index is 0.138.